The Labute approximate surface area is 138 Å². The van der Waals surface area contributed by atoms with Crippen LogP contribution in [-0.4, -0.2) is 37.4 Å². The fourth-order valence-electron chi connectivity index (χ4n) is 1.63. The van der Waals surface area contributed by atoms with E-state index in [0.29, 0.717) is 19.0 Å². The molecule has 0 spiro atoms. The molecule has 2 rings (SSSR count). The first-order valence-corrected chi connectivity index (χ1v) is 8.68. The van der Waals surface area contributed by atoms with Gasteiger partial charge in [0.2, 0.25) is 5.91 Å². The molecule has 0 aromatic carbocycles. The molecule has 7 heteroatoms. The molecule has 0 aliphatic carbocycles. The Morgan fingerprint density at radius 1 is 1.09 bits per heavy atom. The van der Waals surface area contributed by atoms with Gasteiger partial charge < -0.3 is 15.5 Å². The third-order valence-electron chi connectivity index (χ3n) is 2.89. The monoisotopic (exact) mass is 336 g/mol. The molecule has 22 heavy (non-hydrogen) atoms. The molecule has 118 valence electrons. The van der Waals surface area contributed by atoms with Crippen molar-refractivity contribution in [1.29, 1.82) is 0 Å². The molecule has 0 aliphatic rings. The molecule has 2 heterocycles. The van der Waals surface area contributed by atoms with Crippen LogP contribution in [0.3, 0.4) is 0 Å². The van der Waals surface area contributed by atoms with Crippen LogP contribution in [0.2, 0.25) is 0 Å². The van der Waals surface area contributed by atoms with Crippen molar-refractivity contribution in [2.45, 2.75) is 13.1 Å². The number of likely N-dealkylation sites (N-methyl/N-ethyl adjacent to an activating group) is 1. The van der Waals surface area contributed by atoms with Gasteiger partial charge in [0.25, 0.3) is 0 Å². The van der Waals surface area contributed by atoms with Gasteiger partial charge in [0.05, 0.1) is 13.1 Å². The second kappa shape index (κ2) is 8.55. The van der Waals surface area contributed by atoms with Crippen LogP contribution in [0.1, 0.15) is 9.75 Å². The highest BCUT2D eigenvalue weighted by Gasteiger charge is 2.05. The Bertz CT molecular complexity index is 551. The lowest BCUT2D eigenvalue weighted by molar-refractivity contribution is -0.127. The lowest BCUT2D eigenvalue weighted by Gasteiger charge is -2.13. The summed E-state index contributed by atoms with van der Waals surface area (Å²) in [4.78, 5) is 20.0. The zero-order valence-electron chi connectivity index (χ0n) is 12.7. The number of nitrogens with zero attached hydrogens (tertiary/aromatic N) is 2. The minimum Gasteiger partial charge on any atom is -0.351 e. The number of carbonyl (C=O) groups excluding carboxylic acids is 1. The number of hydrogen-bond acceptors (Lipinski definition) is 4. The first-order valence-electron chi connectivity index (χ1n) is 6.92. The van der Waals surface area contributed by atoms with E-state index >= 15 is 0 Å². The predicted octanol–water partition coefficient (Wildman–Crippen LogP) is 2.13. The maximum atomic E-state index is 11.7. The number of carbonyl (C=O) groups is 1. The van der Waals surface area contributed by atoms with Gasteiger partial charge in [-0.2, -0.15) is 0 Å². The van der Waals surface area contributed by atoms with E-state index < -0.39 is 0 Å². The number of nitrogens with one attached hydrogen (secondary N) is 2. The lowest BCUT2D eigenvalue weighted by Crippen LogP contribution is -2.37. The maximum absolute atomic E-state index is 11.7. The third kappa shape index (κ3) is 5.50. The van der Waals surface area contributed by atoms with Gasteiger partial charge in [-0.25, -0.2) is 4.99 Å². The summed E-state index contributed by atoms with van der Waals surface area (Å²) in [5.74, 6) is 0.630. The van der Waals surface area contributed by atoms with E-state index in [4.69, 9.17) is 0 Å². The summed E-state index contributed by atoms with van der Waals surface area (Å²) in [5.41, 5.74) is 0. The van der Waals surface area contributed by atoms with Crippen LogP contribution in [-0.2, 0) is 17.9 Å². The quantitative estimate of drug-likeness (QED) is 0.628. The maximum Gasteiger partial charge on any atom is 0.243 e. The standard InChI is InChI=1S/C15H20N4OS2/c1-19(2)14(20)11-18-15(16-9-12-5-3-7-21-12)17-10-13-6-4-8-22-13/h3-8H,9-11H2,1-2H3,(H2,16,17,18). The number of amides is 1. The van der Waals surface area contributed by atoms with Gasteiger partial charge in [0.15, 0.2) is 5.96 Å². The smallest absolute Gasteiger partial charge is 0.243 e. The highest BCUT2D eigenvalue weighted by atomic mass is 32.1. The van der Waals surface area contributed by atoms with Crippen molar-refractivity contribution in [3.05, 3.63) is 44.8 Å². The molecule has 0 unspecified atom stereocenters. The van der Waals surface area contributed by atoms with Crippen molar-refractivity contribution in [2.75, 3.05) is 20.6 Å². The zero-order valence-corrected chi connectivity index (χ0v) is 14.3. The average Bonchev–Trinajstić information content (AvgIpc) is 3.19. The number of guanidine groups is 1. The van der Waals surface area contributed by atoms with Crippen molar-refractivity contribution in [2.24, 2.45) is 4.99 Å². The first kappa shape index (κ1) is 16.5. The summed E-state index contributed by atoms with van der Waals surface area (Å²) in [6, 6.07) is 8.18. The average molecular weight is 336 g/mol. The van der Waals surface area contributed by atoms with Gasteiger partial charge in [0, 0.05) is 23.8 Å². The molecular formula is C15H20N4OS2. The summed E-state index contributed by atoms with van der Waals surface area (Å²) in [7, 11) is 3.46. The van der Waals surface area contributed by atoms with Crippen molar-refractivity contribution >= 4 is 34.5 Å². The number of thiophene rings is 2. The summed E-state index contributed by atoms with van der Waals surface area (Å²) in [6.45, 7) is 1.53. The van der Waals surface area contributed by atoms with Crippen LogP contribution in [0.5, 0.6) is 0 Å². The molecule has 2 aromatic rings. The molecule has 0 saturated heterocycles. The Balaban J connectivity index is 1.92. The van der Waals surface area contributed by atoms with Crippen molar-refractivity contribution in [1.82, 2.24) is 15.5 Å². The Morgan fingerprint density at radius 2 is 1.64 bits per heavy atom. The summed E-state index contributed by atoms with van der Waals surface area (Å²) < 4.78 is 0. The summed E-state index contributed by atoms with van der Waals surface area (Å²) >= 11 is 3.38. The van der Waals surface area contributed by atoms with E-state index in [1.165, 1.54) is 9.75 Å². The lowest BCUT2D eigenvalue weighted by atomic mass is 10.4. The predicted molar refractivity (Wildman–Crippen MR) is 93.3 cm³/mol. The van der Waals surface area contributed by atoms with Crippen LogP contribution < -0.4 is 10.6 Å². The van der Waals surface area contributed by atoms with Crippen LogP contribution in [0.25, 0.3) is 0 Å². The molecule has 1 amide bonds. The topological polar surface area (TPSA) is 56.7 Å². The summed E-state index contributed by atoms with van der Waals surface area (Å²) in [5, 5.41) is 10.6. The zero-order chi connectivity index (χ0) is 15.8. The van der Waals surface area contributed by atoms with Crippen LogP contribution in [0.15, 0.2) is 40.0 Å². The Hall–Kier alpha value is -1.86. The van der Waals surface area contributed by atoms with Crippen LogP contribution >= 0.6 is 22.7 Å². The molecule has 0 saturated carbocycles. The summed E-state index contributed by atoms with van der Waals surface area (Å²) in [6.07, 6.45) is 0. The highest BCUT2D eigenvalue weighted by molar-refractivity contribution is 7.10. The Kier molecular flexibility index (Phi) is 6.42. The van der Waals surface area contributed by atoms with Gasteiger partial charge in [-0.15, -0.1) is 22.7 Å². The second-order valence-corrected chi connectivity index (χ2v) is 6.88. The molecule has 0 fully saturated rings. The van der Waals surface area contributed by atoms with Gasteiger partial charge in [-0.05, 0) is 22.9 Å². The van der Waals surface area contributed by atoms with E-state index in [1.54, 1.807) is 41.7 Å². The second-order valence-electron chi connectivity index (χ2n) is 4.82. The molecule has 0 aliphatic heterocycles. The minimum atomic E-state index is -0.0200. The van der Waals surface area contributed by atoms with Crippen LogP contribution in [0.4, 0.5) is 0 Å². The van der Waals surface area contributed by atoms with Gasteiger partial charge in [-0.1, -0.05) is 12.1 Å². The highest BCUT2D eigenvalue weighted by Crippen LogP contribution is 2.08. The van der Waals surface area contributed by atoms with Crippen molar-refractivity contribution in [3.8, 4) is 0 Å². The molecular weight excluding hydrogens is 316 g/mol. The molecule has 2 N–H and O–H groups in total. The van der Waals surface area contributed by atoms with E-state index in [9.17, 15) is 4.79 Å². The number of hydrogen-bond donors (Lipinski definition) is 2. The minimum absolute atomic E-state index is 0.0200. The van der Waals surface area contributed by atoms with Gasteiger partial charge in [0.1, 0.15) is 6.54 Å². The van der Waals surface area contributed by atoms with E-state index in [-0.39, 0.29) is 12.5 Å². The SMILES string of the molecule is CN(C)C(=O)CN=C(NCc1cccs1)NCc1cccs1. The van der Waals surface area contributed by atoms with Gasteiger partial charge in [-0.3, -0.25) is 4.79 Å². The van der Waals surface area contributed by atoms with Crippen molar-refractivity contribution in [3.63, 3.8) is 0 Å². The molecule has 5 nitrogen and oxygen atoms in total. The third-order valence-corrected chi connectivity index (χ3v) is 4.64. The fraction of sp³-hybridized carbons (Fsp3) is 0.333. The molecule has 0 bridgehead atoms. The van der Waals surface area contributed by atoms with Crippen molar-refractivity contribution < 1.29 is 4.79 Å². The fourth-order valence-corrected chi connectivity index (χ4v) is 2.92. The molecule has 0 atom stereocenters. The van der Waals surface area contributed by atoms with E-state index in [1.807, 2.05) is 22.9 Å². The van der Waals surface area contributed by atoms with E-state index in [0.717, 1.165) is 0 Å². The van der Waals surface area contributed by atoms with Gasteiger partial charge >= 0.3 is 0 Å². The number of rotatable bonds is 6. The van der Waals surface area contributed by atoms with E-state index in [2.05, 4.69) is 27.8 Å². The largest absolute Gasteiger partial charge is 0.351 e. The Morgan fingerprint density at radius 3 is 2.05 bits per heavy atom. The molecule has 2 aromatic heterocycles. The molecule has 0 radical (unpaired) electrons. The van der Waals surface area contributed by atoms with Crippen LogP contribution in [0, 0.1) is 0 Å². The first-order chi connectivity index (χ1) is 10.6. The normalized spacial score (nSPS) is 10.1. The number of aliphatic imine (C=N–C) groups is 1.